The first-order valence-electron chi connectivity index (χ1n) is 5.10. The SMILES string of the molecule is CC(C)(C)c1nc(-c2ccc(O)cc2)no1. The second kappa shape index (κ2) is 3.63. The predicted octanol–water partition coefficient (Wildman–Crippen LogP) is 2.74. The average molecular weight is 218 g/mol. The highest BCUT2D eigenvalue weighted by Crippen LogP contribution is 2.24. The Morgan fingerprint density at radius 2 is 1.75 bits per heavy atom. The van der Waals surface area contributed by atoms with Gasteiger partial charge in [-0.25, -0.2) is 0 Å². The van der Waals surface area contributed by atoms with E-state index in [1.165, 1.54) is 0 Å². The minimum absolute atomic E-state index is 0.151. The molecule has 0 saturated carbocycles. The lowest BCUT2D eigenvalue weighted by molar-refractivity contribution is 0.321. The summed E-state index contributed by atoms with van der Waals surface area (Å²) in [5.41, 5.74) is 0.680. The molecule has 0 fully saturated rings. The third kappa shape index (κ3) is 2.05. The third-order valence-corrected chi connectivity index (χ3v) is 2.19. The van der Waals surface area contributed by atoms with E-state index in [2.05, 4.69) is 10.1 Å². The van der Waals surface area contributed by atoms with E-state index in [4.69, 9.17) is 4.52 Å². The first-order valence-corrected chi connectivity index (χ1v) is 5.10. The van der Waals surface area contributed by atoms with Gasteiger partial charge in [0.15, 0.2) is 0 Å². The van der Waals surface area contributed by atoms with Crippen LogP contribution in [0.2, 0.25) is 0 Å². The van der Waals surface area contributed by atoms with Gasteiger partial charge >= 0.3 is 0 Å². The highest BCUT2D eigenvalue weighted by molar-refractivity contribution is 5.55. The maximum absolute atomic E-state index is 9.17. The van der Waals surface area contributed by atoms with Crippen molar-refractivity contribution in [3.8, 4) is 17.1 Å². The van der Waals surface area contributed by atoms with E-state index in [9.17, 15) is 5.11 Å². The number of benzene rings is 1. The maximum atomic E-state index is 9.17. The van der Waals surface area contributed by atoms with Gasteiger partial charge in [-0.15, -0.1) is 0 Å². The molecule has 0 bridgehead atoms. The molecule has 4 nitrogen and oxygen atoms in total. The lowest BCUT2D eigenvalue weighted by Crippen LogP contribution is -2.11. The molecule has 0 aliphatic carbocycles. The molecule has 1 aromatic heterocycles. The second-order valence-corrected chi connectivity index (χ2v) is 4.72. The molecular formula is C12H14N2O2. The first-order chi connectivity index (χ1) is 7.47. The Balaban J connectivity index is 2.35. The van der Waals surface area contributed by atoms with Crippen LogP contribution in [0.15, 0.2) is 28.8 Å². The number of hydrogen-bond acceptors (Lipinski definition) is 4. The van der Waals surface area contributed by atoms with Crippen molar-refractivity contribution >= 4 is 0 Å². The molecular weight excluding hydrogens is 204 g/mol. The summed E-state index contributed by atoms with van der Waals surface area (Å²) in [4.78, 5) is 4.32. The van der Waals surface area contributed by atoms with Gasteiger partial charge in [-0.05, 0) is 24.3 Å². The van der Waals surface area contributed by atoms with Gasteiger partial charge in [-0.3, -0.25) is 0 Å². The molecule has 84 valence electrons. The molecule has 4 heteroatoms. The lowest BCUT2D eigenvalue weighted by Gasteiger charge is -2.10. The Bertz CT molecular complexity index is 480. The van der Waals surface area contributed by atoms with Crippen molar-refractivity contribution in [1.82, 2.24) is 10.1 Å². The van der Waals surface area contributed by atoms with Gasteiger partial charge in [0.25, 0.3) is 0 Å². The molecule has 16 heavy (non-hydrogen) atoms. The largest absolute Gasteiger partial charge is 0.508 e. The Labute approximate surface area is 93.9 Å². The minimum Gasteiger partial charge on any atom is -0.508 e. The maximum Gasteiger partial charge on any atom is 0.232 e. The van der Waals surface area contributed by atoms with E-state index in [0.29, 0.717) is 11.7 Å². The number of phenolic OH excluding ortho intramolecular Hbond substituents is 1. The van der Waals surface area contributed by atoms with Crippen LogP contribution in [0, 0.1) is 0 Å². The number of hydrogen-bond donors (Lipinski definition) is 1. The summed E-state index contributed by atoms with van der Waals surface area (Å²) >= 11 is 0. The monoisotopic (exact) mass is 218 g/mol. The van der Waals surface area contributed by atoms with E-state index in [-0.39, 0.29) is 11.2 Å². The molecule has 1 heterocycles. The van der Waals surface area contributed by atoms with E-state index < -0.39 is 0 Å². The summed E-state index contributed by atoms with van der Waals surface area (Å²) in [6.45, 7) is 6.04. The van der Waals surface area contributed by atoms with Crippen LogP contribution >= 0.6 is 0 Å². The van der Waals surface area contributed by atoms with Crippen LogP contribution in [0.25, 0.3) is 11.4 Å². The van der Waals surface area contributed by atoms with Crippen molar-refractivity contribution in [3.63, 3.8) is 0 Å². The molecule has 0 aliphatic rings. The van der Waals surface area contributed by atoms with Gasteiger partial charge < -0.3 is 9.63 Å². The second-order valence-electron chi connectivity index (χ2n) is 4.72. The van der Waals surface area contributed by atoms with E-state index in [1.807, 2.05) is 20.8 Å². The average Bonchev–Trinajstić information content (AvgIpc) is 2.67. The van der Waals surface area contributed by atoms with Crippen molar-refractivity contribution in [2.24, 2.45) is 0 Å². The topological polar surface area (TPSA) is 59.2 Å². The Morgan fingerprint density at radius 1 is 1.12 bits per heavy atom. The summed E-state index contributed by atoms with van der Waals surface area (Å²) in [5.74, 6) is 1.38. The number of aromatic hydroxyl groups is 1. The van der Waals surface area contributed by atoms with Gasteiger partial charge in [0.05, 0.1) is 0 Å². The van der Waals surface area contributed by atoms with Crippen LogP contribution in [0.1, 0.15) is 26.7 Å². The van der Waals surface area contributed by atoms with Crippen molar-refractivity contribution in [2.75, 3.05) is 0 Å². The number of nitrogens with zero attached hydrogens (tertiary/aromatic N) is 2. The number of aromatic nitrogens is 2. The summed E-state index contributed by atoms with van der Waals surface area (Å²) in [7, 11) is 0. The zero-order valence-electron chi connectivity index (χ0n) is 9.56. The van der Waals surface area contributed by atoms with Crippen LogP contribution in [0.4, 0.5) is 0 Å². The quantitative estimate of drug-likeness (QED) is 0.799. The van der Waals surface area contributed by atoms with Crippen LogP contribution in [-0.4, -0.2) is 15.2 Å². The molecule has 0 radical (unpaired) electrons. The fourth-order valence-electron chi connectivity index (χ4n) is 1.26. The molecule has 0 saturated heterocycles. The first kappa shape index (κ1) is 10.7. The predicted molar refractivity (Wildman–Crippen MR) is 60.1 cm³/mol. The Hall–Kier alpha value is -1.84. The fraction of sp³-hybridized carbons (Fsp3) is 0.333. The highest BCUT2D eigenvalue weighted by atomic mass is 16.5. The van der Waals surface area contributed by atoms with Crippen molar-refractivity contribution in [1.29, 1.82) is 0 Å². The van der Waals surface area contributed by atoms with E-state index in [0.717, 1.165) is 5.56 Å². The van der Waals surface area contributed by atoms with Crippen molar-refractivity contribution in [3.05, 3.63) is 30.2 Å². The summed E-state index contributed by atoms with van der Waals surface area (Å²) in [6.07, 6.45) is 0. The van der Waals surface area contributed by atoms with Gasteiger partial charge in [-0.2, -0.15) is 4.98 Å². The molecule has 1 aromatic carbocycles. The molecule has 0 aliphatic heterocycles. The van der Waals surface area contributed by atoms with Gasteiger partial charge in [-0.1, -0.05) is 25.9 Å². The van der Waals surface area contributed by atoms with Gasteiger partial charge in [0.2, 0.25) is 11.7 Å². The van der Waals surface area contributed by atoms with Crippen LogP contribution < -0.4 is 0 Å². The molecule has 0 spiro atoms. The smallest absolute Gasteiger partial charge is 0.232 e. The van der Waals surface area contributed by atoms with Crippen LogP contribution in [0.3, 0.4) is 0 Å². The van der Waals surface area contributed by atoms with Gasteiger partial charge in [0.1, 0.15) is 5.75 Å². The summed E-state index contributed by atoms with van der Waals surface area (Å²) in [5, 5.41) is 13.1. The summed E-state index contributed by atoms with van der Waals surface area (Å²) in [6, 6.07) is 6.71. The molecule has 1 N–H and O–H groups in total. The normalized spacial score (nSPS) is 11.7. The van der Waals surface area contributed by atoms with Crippen LogP contribution in [0.5, 0.6) is 5.75 Å². The summed E-state index contributed by atoms with van der Waals surface area (Å²) < 4.78 is 5.19. The Morgan fingerprint density at radius 3 is 2.25 bits per heavy atom. The standard InChI is InChI=1S/C12H14N2O2/c1-12(2,3)11-13-10(14-16-11)8-4-6-9(15)7-5-8/h4-7,15H,1-3H3. The zero-order chi connectivity index (χ0) is 11.8. The highest BCUT2D eigenvalue weighted by Gasteiger charge is 2.22. The number of phenols is 1. The molecule has 0 unspecified atom stereocenters. The minimum atomic E-state index is -0.151. The molecule has 2 rings (SSSR count). The van der Waals surface area contributed by atoms with Crippen molar-refractivity contribution < 1.29 is 9.63 Å². The fourth-order valence-corrected chi connectivity index (χ4v) is 1.26. The Kier molecular flexibility index (Phi) is 2.42. The molecule has 0 amide bonds. The van der Waals surface area contributed by atoms with Crippen LogP contribution in [-0.2, 0) is 5.41 Å². The third-order valence-electron chi connectivity index (χ3n) is 2.19. The molecule has 2 aromatic rings. The van der Waals surface area contributed by atoms with Crippen molar-refractivity contribution in [2.45, 2.75) is 26.2 Å². The number of rotatable bonds is 1. The lowest BCUT2D eigenvalue weighted by atomic mass is 9.97. The van der Waals surface area contributed by atoms with Gasteiger partial charge in [0, 0.05) is 11.0 Å². The van der Waals surface area contributed by atoms with E-state index in [1.54, 1.807) is 24.3 Å². The molecule has 0 atom stereocenters. The zero-order valence-corrected chi connectivity index (χ0v) is 9.56. The van der Waals surface area contributed by atoms with E-state index >= 15 is 0 Å².